The van der Waals surface area contributed by atoms with Crippen molar-refractivity contribution in [3.8, 4) is 0 Å². The average Bonchev–Trinajstić information content (AvgIpc) is 2.75. The molecule has 1 aromatic rings. The summed E-state index contributed by atoms with van der Waals surface area (Å²) < 4.78 is 14.1. The minimum Gasteiger partial charge on any atom is -0.339 e. The first-order valence-electron chi connectivity index (χ1n) is 5.34. The van der Waals surface area contributed by atoms with Crippen molar-refractivity contribution in [2.24, 2.45) is 0 Å². The second-order valence-corrected chi connectivity index (χ2v) is 4.96. The summed E-state index contributed by atoms with van der Waals surface area (Å²) in [5, 5.41) is 0. The van der Waals surface area contributed by atoms with Crippen LogP contribution in [0.5, 0.6) is 0 Å². The van der Waals surface area contributed by atoms with Gasteiger partial charge >= 0.3 is 0 Å². The number of nitrogens with zero attached hydrogens (tertiary/aromatic N) is 1. The fourth-order valence-corrected chi connectivity index (χ4v) is 2.55. The Kier molecular flexibility index (Phi) is 3.28. The van der Waals surface area contributed by atoms with E-state index in [1.165, 1.54) is 0 Å². The molecule has 1 fully saturated rings. The molecule has 0 radical (unpaired) electrons. The van der Waals surface area contributed by atoms with Gasteiger partial charge in [0.1, 0.15) is 5.82 Å². The van der Waals surface area contributed by atoms with Crippen LogP contribution in [0.1, 0.15) is 28.8 Å². The highest BCUT2D eigenvalue weighted by Gasteiger charge is 2.23. The first-order valence-corrected chi connectivity index (χ1v) is 6.14. The topological polar surface area (TPSA) is 20.3 Å². The van der Waals surface area contributed by atoms with E-state index in [4.69, 9.17) is 0 Å². The molecule has 4 heteroatoms. The van der Waals surface area contributed by atoms with E-state index in [0.29, 0.717) is 4.47 Å². The molecule has 0 aliphatic carbocycles. The summed E-state index contributed by atoms with van der Waals surface area (Å²) in [6.07, 6.45) is 2.03. The van der Waals surface area contributed by atoms with Gasteiger partial charge < -0.3 is 4.90 Å². The van der Waals surface area contributed by atoms with E-state index in [9.17, 15) is 9.18 Å². The van der Waals surface area contributed by atoms with E-state index in [2.05, 4.69) is 15.9 Å². The molecule has 0 saturated carbocycles. The van der Waals surface area contributed by atoms with Gasteiger partial charge in [-0.15, -0.1) is 0 Å². The van der Waals surface area contributed by atoms with Gasteiger partial charge in [-0.05, 0) is 53.4 Å². The van der Waals surface area contributed by atoms with Gasteiger partial charge in [0.05, 0.1) is 10.0 Å². The number of rotatable bonds is 1. The van der Waals surface area contributed by atoms with Crippen molar-refractivity contribution in [2.45, 2.75) is 19.8 Å². The van der Waals surface area contributed by atoms with E-state index in [0.717, 1.165) is 31.5 Å². The first kappa shape index (κ1) is 11.6. The standard InChI is InChI=1S/C12H13BrFNO/c1-8-6-9(11(14)10(13)7-8)12(16)15-4-2-3-5-15/h6-7H,2-5H2,1H3. The zero-order valence-electron chi connectivity index (χ0n) is 9.09. The van der Waals surface area contributed by atoms with Crippen molar-refractivity contribution in [3.63, 3.8) is 0 Å². The highest BCUT2D eigenvalue weighted by atomic mass is 79.9. The number of hydrogen-bond donors (Lipinski definition) is 0. The lowest BCUT2D eigenvalue weighted by Gasteiger charge is -2.16. The van der Waals surface area contributed by atoms with Gasteiger partial charge in [-0.25, -0.2) is 4.39 Å². The molecule has 0 spiro atoms. The van der Waals surface area contributed by atoms with Gasteiger partial charge in [0.2, 0.25) is 0 Å². The third kappa shape index (κ3) is 2.12. The predicted octanol–water partition coefficient (Wildman–Crippen LogP) is 3.13. The fourth-order valence-electron chi connectivity index (χ4n) is 1.97. The maximum atomic E-state index is 13.8. The SMILES string of the molecule is Cc1cc(Br)c(F)c(C(=O)N2CCCC2)c1. The minimum atomic E-state index is -0.456. The highest BCUT2D eigenvalue weighted by Crippen LogP contribution is 2.23. The Bertz CT molecular complexity index is 427. The van der Waals surface area contributed by atoms with Gasteiger partial charge in [0, 0.05) is 13.1 Å². The molecule has 2 rings (SSSR count). The minimum absolute atomic E-state index is 0.175. The van der Waals surface area contributed by atoms with Gasteiger partial charge in [-0.1, -0.05) is 0 Å². The van der Waals surface area contributed by atoms with Crippen LogP contribution in [0, 0.1) is 12.7 Å². The van der Waals surface area contributed by atoms with Crippen molar-refractivity contribution in [1.82, 2.24) is 4.90 Å². The molecule has 1 aromatic carbocycles. The quantitative estimate of drug-likeness (QED) is 0.776. The molecule has 86 valence electrons. The molecule has 1 aliphatic rings. The van der Waals surface area contributed by atoms with Crippen molar-refractivity contribution >= 4 is 21.8 Å². The number of benzene rings is 1. The number of carbonyl (C=O) groups is 1. The molecule has 1 saturated heterocycles. The van der Waals surface area contributed by atoms with Gasteiger partial charge in [-0.2, -0.15) is 0 Å². The largest absolute Gasteiger partial charge is 0.339 e. The normalized spacial score (nSPS) is 15.6. The van der Waals surface area contributed by atoms with E-state index < -0.39 is 5.82 Å². The Morgan fingerprint density at radius 1 is 1.38 bits per heavy atom. The number of amides is 1. The number of hydrogen-bond acceptors (Lipinski definition) is 1. The Morgan fingerprint density at radius 2 is 2.00 bits per heavy atom. The van der Waals surface area contributed by atoms with E-state index in [1.54, 1.807) is 17.0 Å². The van der Waals surface area contributed by atoms with E-state index in [-0.39, 0.29) is 11.5 Å². The van der Waals surface area contributed by atoms with E-state index in [1.807, 2.05) is 6.92 Å². The van der Waals surface area contributed by atoms with Crippen molar-refractivity contribution in [3.05, 3.63) is 33.5 Å². The molecule has 0 aromatic heterocycles. The summed E-state index contributed by atoms with van der Waals surface area (Å²) in [5.74, 6) is -0.651. The first-order chi connectivity index (χ1) is 7.59. The van der Waals surface area contributed by atoms with Crippen molar-refractivity contribution in [1.29, 1.82) is 0 Å². The molecule has 1 aliphatic heterocycles. The van der Waals surface area contributed by atoms with Crippen LogP contribution < -0.4 is 0 Å². The lowest BCUT2D eigenvalue weighted by Crippen LogP contribution is -2.28. The summed E-state index contributed by atoms with van der Waals surface area (Å²) in [6, 6.07) is 3.29. The van der Waals surface area contributed by atoms with Crippen molar-refractivity contribution in [2.75, 3.05) is 13.1 Å². The molecular weight excluding hydrogens is 273 g/mol. The zero-order chi connectivity index (χ0) is 11.7. The monoisotopic (exact) mass is 285 g/mol. The molecule has 16 heavy (non-hydrogen) atoms. The Balaban J connectivity index is 2.35. The summed E-state index contributed by atoms with van der Waals surface area (Å²) in [7, 11) is 0. The molecule has 0 bridgehead atoms. The smallest absolute Gasteiger partial charge is 0.256 e. The lowest BCUT2D eigenvalue weighted by atomic mass is 10.1. The van der Waals surface area contributed by atoms with Crippen LogP contribution in [-0.2, 0) is 0 Å². The third-order valence-electron chi connectivity index (χ3n) is 2.80. The number of aryl methyl sites for hydroxylation is 1. The van der Waals surface area contributed by atoms with E-state index >= 15 is 0 Å². The molecule has 1 heterocycles. The second kappa shape index (κ2) is 4.53. The van der Waals surface area contributed by atoms with Crippen molar-refractivity contribution < 1.29 is 9.18 Å². The number of likely N-dealkylation sites (tertiary alicyclic amines) is 1. The average molecular weight is 286 g/mol. The molecule has 0 unspecified atom stereocenters. The molecular formula is C12H13BrFNO. The second-order valence-electron chi connectivity index (χ2n) is 4.11. The maximum Gasteiger partial charge on any atom is 0.256 e. The highest BCUT2D eigenvalue weighted by molar-refractivity contribution is 9.10. The Hall–Kier alpha value is -0.900. The molecule has 0 atom stereocenters. The Morgan fingerprint density at radius 3 is 2.62 bits per heavy atom. The van der Waals surface area contributed by atoms with Crippen LogP contribution in [0.25, 0.3) is 0 Å². The third-order valence-corrected chi connectivity index (χ3v) is 3.37. The zero-order valence-corrected chi connectivity index (χ0v) is 10.7. The molecule has 1 amide bonds. The Labute approximate surface area is 103 Å². The number of halogens is 2. The van der Waals surface area contributed by atoms with Gasteiger partial charge in [0.15, 0.2) is 0 Å². The predicted molar refractivity (Wildman–Crippen MR) is 64.0 cm³/mol. The van der Waals surface area contributed by atoms with Crippen LogP contribution in [0.4, 0.5) is 4.39 Å². The van der Waals surface area contributed by atoms with Gasteiger partial charge in [-0.3, -0.25) is 4.79 Å². The van der Waals surface area contributed by atoms with Crippen LogP contribution in [0.3, 0.4) is 0 Å². The summed E-state index contributed by atoms with van der Waals surface area (Å²) in [5.41, 5.74) is 1.06. The van der Waals surface area contributed by atoms with Crippen LogP contribution in [0.2, 0.25) is 0 Å². The fraction of sp³-hybridized carbons (Fsp3) is 0.417. The van der Waals surface area contributed by atoms with Crippen LogP contribution >= 0.6 is 15.9 Å². The summed E-state index contributed by atoms with van der Waals surface area (Å²) in [4.78, 5) is 13.7. The maximum absolute atomic E-state index is 13.8. The van der Waals surface area contributed by atoms with Crippen LogP contribution in [0.15, 0.2) is 16.6 Å². The summed E-state index contributed by atoms with van der Waals surface area (Å²) in [6.45, 7) is 3.33. The lowest BCUT2D eigenvalue weighted by molar-refractivity contribution is 0.0788. The van der Waals surface area contributed by atoms with Gasteiger partial charge in [0.25, 0.3) is 5.91 Å². The van der Waals surface area contributed by atoms with Crippen LogP contribution in [-0.4, -0.2) is 23.9 Å². The molecule has 2 nitrogen and oxygen atoms in total. The summed E-state index contributed by atoms with van der Waals surface area (Å²) >= 11 is 3.13. The molecule has 0 N–H and O–H groups in total. The number of carbonyl (C=O) groups excluding carboxylic acids is 1.